The number of hydrogen-bond acceptors (Lipinski definition) is 6. The fourth-order valence-electron chi connectivity index (χ4n) is 2.63. The van der Waals surface area contributed by atoms with Gasteiger partial charge in [-0.05, 0) is 44.3 Å². The van der Waals surface area contributed by atoms with E-state index in [1.54, 1.807) is 11.3 Å². The number of carbonyl (C=O) groups excluding carboxylic acids is 1. The van der Waals surface area contributed by atoms with Crippen molar-refractivity contribution in [1.82, 2.24) is 15.1 Å². The van der Waals surface area contributed by atoms with Gasteiger partial charge in [0.1, 0.15) is 0 Å². The lowest BCUT2D eigenvalue weighted by Gasteiger charge is -2.33. The molecule has 1 aliphatic heterocycles. The summed E-state index contributed by atoms with van der Waals surface area (Å²) < 4.78 is 5.77. The van der Waals surface area contributed by atoms with Crippen LogP contribution in [-0.4, -0.2) is 34.1 Å². The molecule has 2 N–H and O–H groups in total. The van der Waals surface area contributed by atoms with Crippen LogP contribution in [0.5, 0.6) is 0 Å². The number of carbonyl (C=O) groups is 1. The topological polar surface area (TPSA) is 85.2 Å². The molecule has 2 aromatic heterocycles. The minimum absolute atomic E-state index is 0.00202. The fraction of sp³-hybridized carbons (Fsp3) is 0.500. The van der Waals surface area contributed by atoms with E-state index in [0.29, 0.717) is 11.8 Å². The molecule has 1 atom stereocenters. The van der Waals surface area contributed by atoms with Crippen molar-refractivity contribution in [3.8, 4) is 10.8 Å². The smallest absolute Gasteiger partial charge is 0.257 e. The Morgan fingerprint density at radius 1 is 1.48 bits per heavy atom. The number of aromatic nitrogens is 2. The summed E-state index contributed by atoms with van der Waals surface area (Å²) in [7, 11) is 0. The molecule has 0 saturated carbocycles. The van der Waals surface area contributed by atoms with Crippen molar-refractivity contribution in [2.24, 2.45) is 11.7 Å². The van der Waals surface area contributed by atoms with Gasteiger partial charge in [-0.1, -0.05) is 6.07 Å². The first-order chi connectivity index (χ1) is 10.1. The van der Waals surface area contributed by atoms with Crippen LogP contribution in [0.25, 0.3) is 10.8 Å². The highest BCUT2D eigenvalue weighted by Gasteiger charge is 2.28. The van der Waals surface area contributed by atoms with E-state index in [2.05, 4.69) is 22.0 Å². The van der Waals surface area contributed by atoms with Crippen molar-refractivity contribution in [1.29, 1.82) is 0 Å². The molecule has 1 amide bonds. The van der Waals surface area contributed by atoms with Crippen LogP contribution in [-0.2, 0) is 4.79 Å². The van der Waals surface area contributed by atoms with Crippen LogP contribution in [0.3, 0.4) is 0 Å². The van der Waals surface area contributed by atoms with E-state index in [4.69, 9.17) is 10.2 Å². The maximum absolute atomic E-state index is 11.2. The molecule has 3 heterocycles. The van der Waals surface area contributed by atoms with E-state index >= 15 is 0 Å². The molecule has 21 heavy (non-hydrogen) atoms. The van der Waals surface area contributed by atoms with E-state index in [-0.39, 0.29) is 17.9 Å². The normalized spacial score (nSPS) is 18.7. The number of primary amides is 1. The summed E-state index contributed by atoms with van der Waals surface area (Å²) >= 11 is 1.58. The number of hydrogen-bond donors (Lipinski definition) is 1. The molecule has 1 aliphatic rings. The molecular formula is C14H18N4O2S. The SMILES string of the molecule is C[C@H](c1nnc(-c2cccs2)o1)N1CCC(C(N)=O)CC1. The van der Waals surface area contributed by atoms with E-state index < -0.39 is 0 Å². The number of likely N-dealkylation sites (tertiary alicyclic amines) is 1. The Balaban J connectivity index is 1.66. The Morgan fingerprint density at radius 2 is 2.24 bits per heavy atom. The zero-order valence-electron chi connectivity index (χ0n) is 11.9. The van der Waals surface area contributed by atoms with Gasteiger partial charge in [-0.2, -0.15) is 0 Å². The van der Waals surface area contributed by atoms with Gasteiger partial charge in [-0.25, -0.2) is 0 Å². The van der Waals surface area contributed by atoms with Gasteiger partial charge in [-0.3, -0.25) is 9.69 Å². The summed E-state index contributed by atoms with van der Waals surface area (Å²) in [5, 5.41) is 10.3. The van der Waals surface area contributed by atoms with Crippen LogP contribution < -0.4 is 5.73 Å². The van der Waals surface area contributed by atoms with Crippen molar-refractivity contribution in [2.75, 3.05) is 13.1 Å². The molecule has 0 aromatic carbocycles. The third-order valence-corrected chi connectivity index (χ3v) is 4.87. The molecule has 3 rings (SSSR count). The largest absolute Gasteiger partial charge is 0.418 e. The molecule has 1 fully saturated rings. The van der Waals surface area contributed by atoms with E-state index in [0.717, 1.165) is 30.8 Å². The van der Waals surface area contributed by atoms with Gasteiger partial charge in [0.2, 0.25) is 11.8 Å². The summed E-state index contributed by atoms with van der Waals surface area (Å²) in [6.07, 6.45) is 1.59. The first-order valence-electron chi connectivity index (χ1n) is 7.06. The average molecular weight is 306 g/mol. The predicted octanol–water partition coefficient (Wildman–Crippen LogP) is 2.06. The quantitative estimate of drug-likeness (QED) is 0.934. The Labute approximate surface area is 127 Å². The Kier molecular flexibility index (Phi) is 4.03. The van der Waals surface area contributed by atoms with Gasteiger partial charge in [-0.15, -0.1) is 21.5 Å². The monoisotopic (exact) mass is 306 g/mol. The zero-order chi connectivity index (χ0) is 14.8. The highest BCUT2D eigenvalue weighted by molar-refractivity contribution is 7.13. The molecule has 0 aliphatic carbocycles. The molecule has 1 saturated heterocycles. The second kappa shape index (κ2) is 5.95. The van der Waals surface area contributed by atoms with E-state index in [1.807, 2.05) is 17.5 Å². The number of amides is 1. The summed E-state index contributed by atoms with van der Waals surface area (Å²) in [5.41, 5.74) is 5.36. The second-order valence-electron chi connectivity index (χ2n) is 5.31. The van der Waals surface area contributed by atoms with Crippen molar-refractivity contribution in [2.45, 2.75) is 25.8 Å². The standard InChI is InChI=1S/C14H18N4O2S/c1-9(18-6-4-10(5-7-18)12(15)19)13-16-17-14(20-13)11-3-2-8-21-11/h2-3,8-10H,4-7H2,1H3,(H2,15,19)/t9-/m1/s1. The third kappa shape index (κ3) is 2.98. The summed E-state index contributed by atoms with van der Waals surface area (Å²) in [4.78, 5) is 14.4. The maximum Gasteiger partial charge on any atom is 0.257 e. The van der Waals surface area contributed by atoms with E-state index in [1.165, 1.54) is 0 Å². The van der Waals surface area contributed by atoms with Crippen LogP contribution in [0.15, 0.2) is 21.9 Å². The predicted molar refractivity (Wildman–Crippen MR) is 79.5 cm³/mol. The zero-order valence-corrected chi connectivity index (χ0v) is 12.7. The lowest BCUT2D eigenvalue weighted by molar-refractivity contribution is -0.123. The van der Waals surface area contributed by atoms with Crippen LogP contribution in [0.4, 0.5) is 0 Å². The molecule has 2 aromatic rings. The van der Waals surface area contributed by atoms with Crippen LogP contribution in [0, 0.1) is 5.92 Å². The first-order valence-corrected chi connectivity index (χ1v) is 7.93. The Hall–Kier alpha value is -1.73. The van der Waals surface area contributed by atoms with Crippen molar-refractivity contribution in [3.63, 3.8) is 0 Å². The highest BCUT2D eigenvalue weighted by Crippen LogP contribution is 2.29. The minimum Gasteiger partial charge on any atom is -0.418 e. The molecule has 0 bridgehead atoms. The van der Waals surface area contributed by atoms with Gasteiger partial charge in [0.25, 0.3) is 5.89 Å². The molecule has 0 spiro atoms. The molecular weight excluding hydrogens is 288 g/mol. The van der Waals surface area contributed by atoms with Crippen LogP contribution in [0.2, 0.25) is 0 Å². The van der Waals surface area contributed by atoms with Gasteiger partial charge in [0.15, 0.2) is 0 Å². The number of rotatable bonds is 4. The molecule has 0 unspecified atom stereocenters. The lowest BCUT2D eigenvalue weighted by Crippen LogP contribution is -2.39. The number of nitrogens with two attached hydrogens (primary N) is 1. The molecule has 7 heteroatoms. The fourth-order valence-corrected chi connectivity index (χ4v) is 3.27. The second-order valence-corrected chi connectivity index (χ2v) is 6.26. The highest BCUT2D eigenvalue weighted by atomic mass is 32.1. The molecule has 0 radical (unpaired) electrons. The first kappa shape index (κ1) is 14.2. The number of nitrogens with zero attached hydrogens (tertiary/aromatic N) is 3. The van der Waals surface area contributed by atoms with Crippen molar-refractivity contribution < 1.29 is 9.21 Å². The van der Waals surface area contributed by atoms with Crippen LogP contribution in [0.1, 0.15) is 31.7 Å². The van der Waals surface area contributed by atoms with Gasteiger partial charge in [0, 0.05) is 5.92 Å². The van der Waals surface area contributed by atoms with Crippen molar-refractivity contribution >= 4 is 17.2 Å². The Morgan fingerprint density at radius 3 is 2.86 bits per heavy atom. The van der Waals surface area contributed by atoms with Crippen LogP contribution >= 0.6 is 11.3 Å². The van der Waals surface area contributed by atoms with Gasteiger partial charge < -0.3 is 10.2 Å². The summed E-state index contributed by atoms with van der Waals surface area (Å²) in [6, 6.07) is 3.98. The van der Waals surface area contributed by atoms with Crippen molar-refractivity contribution in [3.05, 3.63) is 23.4 Å². The average Bonchev–Trinajstić information content (AvgIpc) is 3.17. The van der Waals surface area contributed by atoms with E-state index in [9.17, 15) is 4.79 Å². The third-order valence-electron chi connectivity index (χ3n) is 4.01. The molecule has 6 nitrogen and oxygen atoms in total. The van der Waals surface area contributed by atoms with Gasteiger partial charge >= 0.3 is 0 Å². The number of thiophene rings is 1. The van der Waals surface area contributed by atoms with Gasteiger partial charge in [0.05, 0.1) is 10.9 Å². The summed E-state index contributed by atoms with van der Waals surface area (Å²) in [5.74, 6) is 0.993. The lowest BCUT2D eigenvalue weighted by atomic mass is 9.95. The molecule has 112 valence electrons. The maximum atomic E-state index is 11.2. The summed E-state index contributed by atoms with van der Waals surface area (Å²) in [6.45, 7) is 3.70. The minimum atomic E-state index is -0.194. The number of piperidine rings is 1. The Bertz CT molecular complexity index is 602.